The molecule has 6 heteroatoms. The van der Waals surface area contributed by atoms with Gasteiger partial charge in [-0.2, -0.15) is 0 Å². The summed E-state index contributed by atoms with van der Waals surface area (Å²) in [5.74, 6) is 0.105. The van der Waals surface area contributed by atoms with Crippen LogP contribution in [0.2, 0.25) is 10.0 Å². The SMILES string of the molecule is CC[C@H](C(=O)NCC(C)C)N(Cc1ccc(Cl)cc1Cl)C(=O)CCc1cccc2ccccc12. The van der Waals surface area contributed by atoms with Gasteiger partial charge in [-0.25, -0.2) is 0 Å². The minimum atomic E-state index is -0.578. The number of carbonyl (C=O) groups is 2. The first-order valence-electron chi connectivity index (χ1n) is 11.8. The van der Waals surface area contributed by atoms with Crippen LogP contribution in [0.5, 0.6) is 0 Å². The van der Waals surface area contributed by atoms with E-state index < -0.39 is 6.04 Å². The van der Waals surface area contributed by atoms with E-state index in [0.29, 0.717) is 41.8 Å². The summed E-state index contributed by atoms with van der Waals surface area (Å²) in [4.78, 5) is 28.3. The first-order chi connectivity index (χ1) is 16.3. The summed E-state index contributed by atoms with van der Waals surface area (Å²) >= 11 is 12.5. The van der Waals surface area contributed by atoms with Gasteiger partial charge in [0, 0.05) is 29.6 Å². The molecule has 0 bridgehead atoms. The monoisotopic (exact) mass is 498 g/mol. The Kier molecular flexibility index (Phi) is 9.37. The first-order valence-corrected chi connectivity index (χ1v) is 12.5. The summed E-state index contributed by atoms with van der Waals surface area (Å²) in [5.41, 5.74) is 1.88. The van der Waals surface area contributed by atoms with Crippen molar-refractivity contribution in [1.82, 2.24) is 10.2 Å². The van der Waals surface area contributed by atoms with Crippen molar-refractivity contribution in [2.45, 2.75) is 52.6 Å². The molecule has 3 rings (SSSR count). The summed E-state index contributed by atoms with van der Waals surface area (Å²) in [6.07, 6.45) is 1.40. The fourth-order valence-electron chi connectivity index (χ4n) is 4.07. The number of nitrogens with zero attached hydrogens (tertiary/aromatic N) is 1. The van der Waals surface area contributed by atoms with Gasteiger partial charge in [-0.05, 0) is 52.8 Å². The molecule has 0 unspecified atom stereocenters. The van der Waals surface area contributed by atoms with E-state index in [1.54, 1.807) is 17.0 Å². The molecule has 0 saturated carbocycles. The van der Waals surface area contributed by atoms with E-state index in [1.165, 1.54) is 0 Å². The second kappa shape index (κ2) is 12.2. The van der Waals surface area contributed by atoms with Crippen molar-refractivity contribution in [2.75, 3.05) is 6.54 Å². The lowest BCUT2D eigenvalue weighted by Crippen LogP contribution is -2.49. The molecule has 180 valence electrons. The average Bonchev–Trinajstić information content (AvgIpc) is 2.82. The molecule has 0 aliphatic heterocycles. The Morgan fingerprint density at radius 2 is 1.71 bits per heavy atom. The molecule has 4 nitrogen and oxygen atoms in total. The van der Waals surface area contributed by atoms with Gasteiger partial charge in [-0.3, -0.25) is 9.59 Å². The Morgan fingerprint density at radius 3 is 2.41 bits per heavy atom. The zero-order valence-corrected chi connectivity index (χ0v) is 21.5. The van der Waals surface area contributed by atoms with Gasteiger partial charge in [0.15, 0.2) is 0 Å². The predicted molar refractivity (Wildman–Crippen MR) is 141 cm³/mol. The van der Waals surface area contributed by atoms with Crippen LogP contribution in [0, 0.1) is 5.92 Å². The van der Waals surface area contributed by atoms with Crippen LogP contribution in [-0.4, -0.2) is 29.3 Å². The average molecular weight is 499 g/mol. The second-order valence-electron chi connectivity index (χ2n) is 8.96. The molecule has 0 aliphatic rings. The third-order valence-electron chi connectivity index (χ3n) is 5.91. The van der Waals surface area contributed by atoms with E-state index in [4.69, 9.17) is 23.2 Å². The number of carbonyl (C=O) groups excluding carboxylic acids is 2. The van der Waals surface area contributed by atoms with Crippen molar-refractivity contribution in [3.8, 4) is 0 Å². The zero-order chi connectivity index (χ0) is 24.7. The standard InChI is InChI=1S/C28H32Cl2N2O2/c1-4-26(28(34)31-17-19(2)3)32(18-22-12-14-23(29)16-25(22)30)27(33)15-13-21-10-7-9-20-8-5-6-11-24(20)21/h5-12,14,16,19,26H,4,13,15,17-18H2,1-3H3,(H,31,34)/t26-/m1/s1. The van der Waals surface area contributed by atoms with E-state index in [2.05, 4.69) is 29.6 Å². The topological polar surface area (TPSA) is 49.4 Å². The highest BCUT2D eigenvalue weighted by Crippen LogP contribution is 2.25. The number of hydrogen-bond donors (Lipinski definition) is 1. The third-order valence-corrected chi connectivity index (χ3v) is 6.50. The van der Waals surface area contributed by atoms with Gasteiger partial charge in [-0.15, -0.1) is 0 Å². The van der Waals surface area contributed by atoms with Crippen LogP contribution in [-0.2, 0) is 22.6 Å². The number of hydrogen-bond acceptors (Lipinski definition) is 2. The first kappa shape index (κ1) is 26.1. The van der Waals surface area contributed by atoms with Crippen molar-refractivity contribution in [1.29, 1.82) is 0 Å². The van der Waals surface area contributed by atoms with Crippen LogP contribution < -0.4 is 5.32 Å². The number of rotatable bonds is 10. The summed E-state index contributed by atoms with van der Waals surface area (Å²) in [5, 5.41) is 6.30. The Bertz CT molecular complexity index is 1140. The van der Waals surface area contributed by atoms with Gasteiger partial charge in [-0.1, -0.05) is 92.5 Å². The van der Waals surface area contributed by atoms with Gasteiger partial charge < -0.3 is 10.2 Å². The van der Waals surface area contributed by atoms with Crippen LogP contribution in [0.4, 0.5) is 0 Å². The molecular weight excluding hydrogens is 467 g/mol. The Hall–Kier alpha value is -2.56. The highest BCUT2D eigenvalue weighted by atomic mass is 35.5. The van der Waals surface area contributed by atoms with Crippen LogP contribution in [0.25, 0.3) is 10.8 Å². The van der Waals surface area contributed by atoms with Crippen molar-refractivity contribution in [3.63, 3.8) is 0 Å². The van der Waals surface area contributed by atoms with Crippen LogP contribution in [0.1, 0.15) is 44.7 Å². The molecule has 0 aliphatic carbocycles. The molecule has 0 heterocycles. The molecule has 2 amide bonds. The fraction of sp³-hybridized carbons (Fsp3) is 0.357. The van der Waals surface area contributed by atoms with E-state index >= 15 is 0 Å². The maximum atomic E-state index is 13.6. The molecule has 0 radical (unpaired) electrons. The molecule has 0 aromatic heterocycles. The number of benzene rings is 3. The van der Waals surface area contributed by atoms with Crippen LogP contribution >= 0.6 is 23.2 Å². The van der Waals surface area contributed by atoms with Gasteiger partial charge >= 0.3 is 0 Å². The predicted octanol–water partition coefficient (Wildman–Crippen LogP) is 6.66. The van der Waals surface area contributed by atoms with Crippen molar-refractivity contribution in [2.24, 2.45) is 5.92 Å². The lowest BCUT2D eigenvalue weighted by atomic mass is 10.00. The summed E-state index contributed by atoms with van der Waals surface area (Å²) in [6.45, 7) is 6.82. The number of amides is 2. The lowest BCUT2D eigenvalue weighted by molar-refractivity contribution is -0.141. The number of fused-ring (bicyclic) bond motifs is 1. The van der Waals surface area contributed by atoms with Crippen molar-refractivity contribution >= 4 is 45.8 Å². The maximum absolute atomic E-state index is 13.6. The van der Waals surface area contributed by atoms with E-state index in [-0.39, 0.29) is 18.4 Å². The van der Waals surface area contributed by atoms with E-state index in [1.807, 2.05) is 45.0 Å². The molecule has 3 aromatic carbocycles. The van der Waals surface area contributed by atoms with Gasteiger partial charge in [0.1, 0.15) is 6.04 Å². The van der Waals surface area contributed by atoms with Crippen LogP contribution in [0.15, 0.2) is 60.7 Å². The lowest BCUT2D eigenvalue weighted by Gasteiger charge is -2.31. The van der Waals surface area contributed by atoms with Gasteiger partial charge in [0.25, 0.3) is 0 Å². The highest BCUT2D eigenvalue weighted by Gasteiger charge is 2.29. The molecule has 34 heavy (non-hydrogen) atoms. The van der Waals surface area contributed by atoms with Gasteiger partial charge in [0.2, 0.25) is 11.8 Å². The van der Waals surface area contributed by atoms with Crippen molar-refractivity contribution in [3.05, 3.63) is 81.8 Å². The van der Waals surface area contributed by atoms with Gasteiger partial charge in [0.05, 0.1) is 0 Å². The largest absolute Gasteiger partial charge is 0.354 e. The molecule has 1 N–H and O–H groups in total. The minimum absolute atomic E-state index is 0.0782. The molecule has 0 saturated heterocycles. The Balaban J connectivity index is 1.84. The third kappa shape index (κ3) is 6.74. The zero-order valence-electron chi connectivity index (χ0n) is 20.0. The number of aryl methyl sites for hydroxylation is 1. The summed E-state index contributed by atoms with van der Waals surface area (Å²) < 4.78 is 0. The number of halogens is 2. The molecule has 3 aromatic rings. The fourth-order valence-corrected chi connectivity index (χ4v) is 4.54. The molecule has 0 spiro atoms. The summed E-state index contributed by atoms with van der Waals surface area (Å²) in [7, 11) is 0. The second-order valence-corrected chi connectivity index (χ2v) is 9.80. The summed E-state index contributed by atoms with van der Waals surface area (Å²) in [6, 6.07) is 19.0. The Morgan fingerprint density at radius 1 is 0.971 bits per heavy atom. The van der Waals surface area contributed by atoms with Crippen molar-refractivity contribution < 1.29 is 9.59 Å². The van der Waals surface area contributed by atoms with Crippen LogP contribution in [0.3, 0.4) is 0 Å². The molecular formula is C28H32Cl2N2O2. The highest BCUT2D eigenvalue weighted by molar-refractivity contribution is 6.35. The quantitative estimate of drug-likeness (QED) is 0.339. The number of nitrogens with one attached hydrogen (secondary N) is 1. The Labute approximate surface area is 212 Å². The maximum Gasteiger partial charge on any atom is 0.242 e. The molecule has 0 fully saturated rings. The van der Waals surface area contributed by atoms with E-state index in [0.717, 1.165) is 21.9 Å². The molecule has 1 atom stereocenters. The smallest absolute Gasteiger partial charge is 0.242 e. The minimum Gasteiger partial charge on any atom is -0.354 e. The normalized spacial score (nSPS) is 12.1. The van der Waals surface area contributed by atoms with E-state index in [9.17, 15) is 9.59 Å².